The van der Waals surface area contributed by atoms with E-state index in [1.165, 1.54) is 23.1 Å². The molecule has 2 unspecified atom stereocenters. The van der Waals surface area contributed by atoms with Gasteiger partial charge in [0, 0.05) is 11.8 Å². The van der Waals surface area contributed by atoms with E-state index in [2.05, 4.69) is 49.3 Å². The van der Waals surface area contributed by atoms with Gasteiger partial charge in [-0.15, -0.1) is 0 Å². The lowest BCUT2D eigenvalue weighted by atomic mass is 9.87. The average molecular weight is 272 g/mol. The fourth-order valence-electron chi connectivity index (χ4n) is 3.40. The Balaban J connectivity index is 2.10. The van der Waals surface area contributed by atoms with Crippen LogP contribution in [0.15, 0.2) is 24.8 Å². The Morgan fingerprint density at radius 2 is 2.20 bits per heavy atom. The van der Waals surface area contributed by atoms with Gasteiger partial charge in [0.05, 0.1) is 23.6 Å². The first-order valence-electron chi connectivity index (χ1n) is 7.75. The van der Waals surface area contributed by atoms with Gasteiger partial charge in [0.1, 0.15) is 6.10 Å². The topological polar surface area (TPSA) is 29.8 Å². The summed E-state index contributed by atoms with van der Waals surface area (Å²) in [6, 6.07) is 2.22. The normalized spacial score (nSPS) is 25.6. The molecule has 1 aliphatic rings. The zero-order chi connectivity index (χ0) is 14.3. The van der Waals surface area contributed by atoms with Gasteiger partial charge >= 0.3 is 0 Å². The first-order chi connectivity index (χ1) is 9.63. The molecule has 2 atom stereocenters. The molecule has 108 valence electrons. The molecule has 0 aromatic carbocycles. The van der Waals surface area contributed by atoms with Crippen LogP contribution in [0.5, 0.6) is 0 Å². The number of fused-ring (bicyclic) bond motifs is 1. The summed E-state index contributed by atoms with van der Waals surface area (Å²) in [7, 11) is 0. The van der Waals surface area contributed by atoms with Crippen LogP contribution in [-0.4, -0.2) is 15.0 Å². The molecule has 0 spiro atoms. The van der Waals surface area contributed by atoms with Crippen molar-refractivity contribution in [1.82, 2.24) is 9.38 Å². The highest BCUT2D eigenvalue weighted by molar-refractivity contribution is 5.60. The van der Waals surface area contributed by atoms with Crippen molar-refractivity contribution in [1.29, 1.82) is 0 Å². The minimum Gasteiger partial charge on any atom is -0.361 e. The van der Waals surface area contributed by atoms with Crippen LogP contribution in [0.1, 0.15) is 70.1 Å². The van der Waals surface area contributed by atoms with Crippen LogP contribution in [0.2, 0.25) is 0 Å². The van der Waals surface area contributed by atoms with Gasteiger partial charge in [-0.05, 0) is 30.4 Å². The molecule has 3 nitrogen and oxygen atoms in total. The molecule has 1 fully saturated rings. The number of ether oxygens (including phenoxy) is 1. The van der Waals surface area contributed by atoms with Crippen molar-refractivity contribution in [2.75, 3.05) is 0 Å². The van der Waals surface area contributed by atoms with Crippen molar-refractivity contribution in [3.63, 3.8) is 0 Å². The molecule has 0 saturated carbocycles. The van der Waals surface area contributed by atoms with Crippen molar-refractivity contribution >= 4 is 5.52 Å². The molecule has 3 heteroatoms. The molecule has 0 radical (unpaired) electrons. The van der Waals surface area contributed by atoms with Crippen LogP contribution in [0, 0.1) is 0 Å². The van der Waals surface area contributed by atoms with Gasteiger partial charge in [-0.2, -0.15) is 0 Å². The Hall–Kier alpha value is -1.35. The summed E-state index contributed by atoms with van der Waals surface area (Å²) in [4.78, 5) is 4.30. The van der Waals surface area contributed by atoms with Crippen molar-refractivity contribution in [2.24, 2.45) is 0 Å². The lowest BCUT2D eigenvalue weighted by molar-refractivity contribution is 0.272. The molecule has 0 N–H and O–H groups in total. The molecule has 3 rings (SSSR count). The van der Waals surface area contributed by atoms with Gasteiger partial charge in [-0.3, -0.25) is 0 Å². The highest BCUT2D eigenvalue weighted by atomic mass is 16.6. The molecule has 1 saturated heterocycles. The zero-order valence-electron chi connectivity index (χ0n) is 12.9. The van der Waals surface area contributed by atoms with Gasteiger partial charge in [0.15, 0.2) is 0 Å². The number of imidazole rings is 1. The molecule has 0 bridgehead atoms. The molecule has 2 aromatic rings. The molecule has 20 heavy (non-hydrogen) atoms. The van der Waals surface area contributed by atoms with E-state index in [0.717, 1.165) is 12.8 Å². The fourth-order valence-corrected chi connectivity index (χ4v) is 3.40. The summed E-state index contributed by atoms with van der Waals surface area (Å²) in [6.45, 7) is 8.98. The van der Waals surface area contributed by atoms with Crippen molar-refractivity contribution in [3.05, 3.63) is 35.9 Å². The highest BCUT2D eigenvalue weighted by Gasteiger charge is 2.56. The quantitative estimate of drug-likeness (QED) is 0.751. The summed E-state index contributed by atoms with van der Waals surface area (Å²) in [5.41, 5.74) is 4.02. The van der Waals surface area contributed by atoms with Crippen molar-refractivity contribution < 1.29 is 4.74 Å². The van der Waals surface area contributed by atoms with Crippen LogP contribution in [-0.2, 0) is 4.74 Å². The van der Waals surface area contributed by atoms with Gasteiger partial charge in [0.2, 0.25) is 0 Å². The van der Waals surface area contributed by atoms with E-state index in [1.807, 2.05) is 12.5 Å². The van der Waals surface area contributed by atoms with Crippen LogP contribution in [0.3, 0.4) is 0 Å². The van der Waals surface area contributed by atoms with Crippen LogP contribution in [0.25, 0.3) is 5.52 Å². The SMILES string of the molecule is CCCC1(CC)OC1c1c(C(C)C)ccn2cncc12. The second-order valence-electron chi connectivity index (χ2n) is 6.19. The lowest BCUT2D eigenvalue weighted by Gasteiger charge is -2.15. The molecule has 0 aliphatic carbocycles. The van der Waals surface area contributed by atoms with E-state index >= 15 is 0 Å². The number of pyridine rings is 1. The standard InChI is InChI=1S/C17H24N2O/c1-5-8-17(6-2)16(20-17)15-13(12(3)4)7-9-19-11-18-10-14(15)19/h7,9-12,16H,5-6,8H2,1-4H3. The van der Waals surface area contributed by atoms with Gasteiger partial charge in [-0.1, -0.05) is 34.1 Å². The average Bonchev–Trinajstić information content (AvgIpc) is 2.93. The maximum atomic E-state index is 6.21. The Morgan fingerprint density at radius 3 is 2.85 bits per heavy atom. The smallest absolute Gasteiger partial charge is 0.115 e. The molecular formula is C17H24N2O. The van der Waals surface area contributed by atoms with Crippen molar-refractivity contribution in [3.8, 4) is 0 Å². The third kappa shape index (κ3) is 1.96. The van der Waals surface area contributed by atoms with Crippen LogP contribution < -0.4 is 0 Å². The summed E-state index contributed by atoms with van der Waals surface area (Å²) in [5, 5.41) is 0. The molecule has 2 aromatic heterocycles. The first-order valence-corrected chi connectivity index (χ1v) is 7.75. The zero-order valence-corrected chi connectivity index (χ0v) is 12.9. The summed E-state index contributed by atoms with van der Waals surface area (Å²) < 4.78 is 8.31. The van der Waals surface area contributed by atoms with E-state index in [0.29, 0.717) is 5.92 Å². The van der Waals surface area contributed by atoms with E-state index in [4.69, 9.17) is 4.74 Å². The minimum absolute atomic E-state index is 0.0600. The predicted molar refractivity (Wildman–Crippen MR) is 81.0 cm³/mol. The van der Waals surface area contributed by atoms with Gasteiger partial charge in [0.25, 0.3) is 0 Å². The van der Waals surface area contributed by atoms with Crippen LogP contribution >= 0.6 is 0 Å². The van der Waals surface area contributed by atoms with E-state index in [-0.39, 0.29) is 11.7 Å². The Kier molecular flexibility index (Phi) is 3.33. The highest BCUT2D eigenvalue weighted by Crippen LogP contribution is 2.56. The molecular weight excluding hydrogens is 248 g/mol. The number of hydrogen-bond acceptors (Lipinski definition) is 2. The third-order valence-electron chi connectivity index (χ3n) is 4.60. The molecule has 0 amide bonds. The fraction of sp³-hybridized carbons (Fsp3) is 0.588. The second kappa shape index (κ2) is 4.88. The van der Waals surface area contributed by atoms with Crippen molar-refractivity contribution in [2.45, 2.75) is 64.6 Å². The Morgan fingerprint density at radius 1 is 1.40 bits per heavy atom. The van der Waals surface area contributed by atoms with E-state index in [1.54, 1.807) is 0 Å². The summed E-state index contributed by atoms with van der Waals surface area (Å²) >= 11 is 0. The lowest BCUT2D eigenvalue weighted by Crippen LogP contribution is -2.12. The molecule has 3 heterocycles. The first kappa shape index (κ1) is 13.6. The number of epoxide rings is 1. The monoisotopic (exact) mass is 272 g/mol. The Labute approximate surface area is 121 Å². The summed E-state index contributed by atoms with van der Waals surface area (Å²) in [5.74, 6) is 0.505. The molecule has 1 aliphatic heterocycles. The number of hydrogen-bond donors (Lipinski definition) is 0. The van der Waals surface area contributed by atoms with Crippen LogP contribution in [0.4, 0.5) is 0 Å². The largest absolute Gasteiger partial charge is 0.361 e. The number of nitrogens with zero attached hydrogens (tertiary/aromatic N) is 2. The maximum Gasteiger partial charge on any atom is 0.115 e. The number of aromatic nitrogens is 2. The minimum atomic E-state index is 0.0600. The van der Waals surface area contributed by atoms with Gasteiger partial charge in [-0.25, -0.2) is 4.98 Å². The predicted octanol–water partition coefficient (Wildman–Crippen LogP) is 4.48. The van der Waals surface area contributed by atoms with Gasteiger partial charge < -0.3 is 9.14 Å². The van der Waals surface area contributed by atoms with E-state index < -0.39 is 0 Å². The third-order valence-corrected chi connectivity index (χ3v) is 4.60. The Bertz CT molecular complexity index is 616. The number of rotatable bonds is 5. The second-order valence-corrected chi connectivity index (χ2v) is 6.19. The summed E-state index contributed by atoms with van der Waals surface area (Å²) in [6.07, 6.45) is 9.58. The van der Waals surface area contributed by atoms with E-state index in [9.17, 15) is 0 Å². The maximum absolute atomic E-state index is 6.21.